The van der Waals surface area contributed by atoms with Crippen molar-refractivity contribution in [1.29, 1.82) is 0 Å². The number of Topliss-reactive ketones (excluding diaryl/α,β-unsaturated/α-hetero) is 1. The predicted molar refractivity (Wildman–Crippen MR) is 111 cm³/mol. The number of carbonyl (C=O) groups is 1. The van der Waals surface area contributed by atoms with Crippen molar-refractivity contribution in [3.63, 3.8) is 0 Å². The van der Waals surface area contributed by atoms with Crippen LogP contribution in [0.5, 0.6) is 5.75 Å². The summed E-state index contributed by atoms with van der Waals surface area (Å²) in [4.78, 5) is 12.8. The van der Waals surface area contributed by atoms with Gasteiger partial charge in [0, 0.05) is 27.7 Å². The summed E-state index contributed by atoms with van der Waals surface area (Å²) in [5.74, 6) is 0.807. The van der Waals surface area contributed by atoms with Gasteiger partial charge in [0.05, 0.1) is 13.2 Å². The zero-order valence-corrected chi connectivity index (χ0v) is 16.3. The zero-order chi connectivity index (χ0) is 19.2. The number of carbonyl (C=O) groups excluding carboxylic acids is 1. The van der Waals surface area contributed by atoms with Gasteiger partial charge in [-0.3, -0.25) is 4.79 Å². The fourth-order valence-corrected chi connectivity index (χ4v) is 3.03. The molecular formula is C22H19Cl2NO2. The lowest BCUT2D eigenvalue weighted by atomic mass is 9.97. The third-order valence-electron chi connectivity index (χ3n) is 4.26. The number of ether oxygens (including phenoxy) is 1. The largest absolute Gasteiger partial charge is 0.497 e. The monoisotopic (exact) mass is 399 g/mol. The minimum atomic E-state index is -0.194. The van der Waals surface area contributed by atoms with Gasteiger partial charge in [-0.25, -0.2) is 0 Å². The van der Waals surface area contributed by atoms with E-state index in [4.69, 9.17) is 27.9 Å². The maximum atomic E-state index is 12.8. The van der Waals surface area contributed by atoms with Crippen molar-refractivity contribution in [3.8, 4) is 5.75 Å². The maximum absolute atomic E-state index is 12.8. The van der Waals surface area contributed by atoms with Crippen LogP contribution in [0, 0.1) is 0 Å². The summed E-state index contributed by atoms with van der Waals surface area (Å²) < 4.78 is 5.23. The fourth-order valence-electron chi connectivity index (χ4n) is 2.77. The smallest absolute Gasteiger partial charge is 0.165 e. The first-order chi connectivity index (χ1) is 13.0. The van der Waals surface area contributed by atoms with Crippen LogP contribution in [0.2, 0.25) is 10.0 Å². The minimum Gasteiger partial charge on any atom is -0.497 e. The molecule has 1 atom stereocenters. The van der Waals surface area contributed by atoms with Crippen molar-refractivity contribution in [3.05, 3.63) is 94.0 Å². The van der Waals surface area contributed by atoms with Gasteiger partial charge in [-0.05, 0) is 66.2 Å². The molecule has 0 aliphatic heterocycles. The van der Waals surface area contributed by atoms with Crippen LogP contribution in [-0.2, 0) is 0 Å². The van der Waals surface area contributed by atoms with Crippen molar-refractivity contribution < 1.29 is 9.53 Å². The molecule has 0 bridgehead atoms. The Bertz CT molecular complexity index is 891. The number of benzene rings is 3. The van der Waals surface area contributed by atoms with Crippen molar-refractivity contribution in [2.75, 3.05) is 12.4 Å². The molecule has 0 aliphatic rings. The third kappa shape index (κ3) is 5.25. The van der Waals surface area contributed by atoms with Crippen LogP contribution in [0.4, 0.5) is 5.69 Å². The summed E-state index contributed by atoms with van der Waals surface area (Å²) in [7, 11) is 1.63. The standard InChI is InChI=1S/C22H19Cl2NO2/c1-27-20-12-4-15(5-13-20)21(25-19-10-8-18(24)9-11-19)14-22(26)16-2-6-17(23)7-3-16/h2-13,21,25H,14H2,1H3. The lowest BCUT2D eigenvalue weighted by Gasteiger charge is -2.20. The molecule has 0 radical (unpaired) electrons. The molecule has 3 nitrogen and oxygen atoms in total. The second-order valence-corrected chi connectivity index (χ2v) is 6.98. The van der Waals surface area contributed by atoms with E-state index in [1.54, 1.807) is 31.4 Å². The van der Waals surface area contributed by atoms with Crippen LogP contribution in [-0.4, -0.2) is 12.9 Å². The number of rotatable bonds is 7. The normalized spacial score (nSPS) is 11.7. The molecule has 1 N–H and O–H groups in total. The summed E-state index contributed by atoms with van der Waals surface area (Å²) >= 11 is 11.9. The van der Waals surface area contributed by atoms with E-state index in [1.807, 2.05) is 48.5 Å². The van der Waals surface area contributed by atoms with Crippen LogP contribution in [0.25, 0.3) is 0 Å². The molecule has 0 heterocycles. The van der Waals surface area contributed by atoms with Gasteiger partial charge in [0.2, 0.25) is 0 Å². The highest BCUT2D eigenvalue weighted by molar-refractivity contribution is 6.31. The molecule has 0 amide bonds. The molecule has 3 aromatic carbocycles. The van der Waals surface area contributed by atoms with E-state index in [2.05, 4.69) is 5.32 Å². The Labute approximate surface area is 168 Å². The van der Waals surface area contributed by atoms with E-state index in [9.17, 15) is 4.79 Å². The summed E-state index contributed by atoms with van der Waals surface area (Å²) in [5, 5.41) is 4.70. The predicted octanol–water partition coefficient (Wildman–Crippen LogP) is 6.43. The number of ketones is 1. The van der Waals surface area contributed by atoms with Crippen molar-refractivity contribution in [2.45, 2.75) is 12.5 Å². The highest BCUT2D eigenvalue weighted by atomic mass is 35.5. The lowest BCUT2D eigenvalue weighted by molar-refractivity contribution is 0.0976. The highest BCUT2D eigenvalue weighted by Crippen LogP contribution is 2.27. The minimum absolute atomic E-state index is 0.0361. The van der Waals surface area contributed by atoms with Gasteiger partial charge in [0.25, 0.3) is 0 Å². The number of hydrogen-bond donors (Lipinski definition) is 1. The molecule has 5 heteroatoms. The topological polar surface area (TPSA) is 38.3 Å². The average molecular weight is 400 g/mol. The summed E-state index contributed by atoms with van der Waals surface area (Å²) in [6.07, 6.45) is 0.302. The van der Waals surface area contributed by atoms with Gasteiger partial charge >= 0.3 is 0 Å². The zero-order valence-electron chi connectivity index (χ0n) is 14.8. The van der Waals surface area contributed by atoms with Gasteiger partial charge < -0.3 is 10.1 Å². The molecule has 0 saturated carbocycles. The van der Waals surface area contributed by atoms with Gasteiger partial charge in [-0.1, -0.05) is 35.3 Å². The number of hydrogen-bond acceptors (Lipinski definition) is 3. The summed E-state index contributed by atoms with van der Waals surface area (Å²) in [6.45, 7) is 0. The van der Waals surface area contributed by atoms with Gasteiger partial charge in [0.1, 0.15) is 5.75 Å². The van der Waals surface area contributed by atoms with Crippen LogP contribution in [0.3, 0.4) is 0 Å². The second kappa shape index (κ2) is 8.94. The highest BCUT2D eigenvalue weighted by Gasteiger charge is 2.18. The second-order valence-electron chi connectivity index (χ2n) is 6.11. The van der Waals surface area contributed by atoms with E-state index in [0.29, 0.717) is 22.0 Å². The summed E-state index contributed by atoms with van der Waals surface area (Å²) in [5.41, 5.74) is 2.52. The molecule has 0 aromatic heterocycles. The molecule has 0 aliphatic carbocycles. The quantitative estimate of drug-likeness (QED) is 0.465. The molecule has 0 spiro atoms. The van der Waals surface area contributed by atoms with E-state index in [0.717, 1.165) is 17.0 Å². The Morgan fingerprint density at radius 3 is 2.00 bits per heavy atom. The summed E-state index contributed by atoms with van der Waals surface area (Å²) in [6, 6.07) is 21.9. The van der Waals surface area contributed by atoms with Crippen molar-refractivity contribution in [1.82, 2.24) is 0 Å². The molecule has 1 unspecified atom stereocenters. The van der Waals surface area contributed by atoms with Crippen LogP contribution < -0.4 is 10.1 Å². The maximum Gasteiger partial charge on any atom is 0.165 e. The van der Waals surface area contributed by atoms with E-state index in [-0.39, 0.29) is 11.8 Å². The first-order valence-corrected chi connectivity index (χ1v) is 9.25. The third-order valence-corrected chi connectivity index (χ3v) is 4.76. The first kappa shape index (κ1) is 19.3. The van der Waals surface area contributed by atoms with Crippen molar-refractivity contribution in [2.24, 2.45) is 0 Å². The number of methoxy groups -OCH3 is 1. The molecule has 3 rings (SSSR count). The van der Waals surface area contributed by atoms with Crippen LogP contribution in [0.1, 0.15) is 28.4 Å². The average Bonchev–Trinajstić information content (AvgIpc) is 2.69. The van der Waals surface area contributed by atoms with E-state index >= 15 is 0 Å². The molecule has 0 fully saturated rings. The van der Waals surface area contributed by atoms with Crippen LogP contribution >= 0.6 is 23.2 Å². The number of nitrogens with one attached hydrogen (secondary N) is 1. The Hall–Kier alpha value is -2.49. The Morgan fingerprint density at radius 2 is 1.44 bits per heavy atom. The Kier molecular flexibility index (Phi) is 6.38. The Balaban J connectivity index is 1.84. The van der Waals surface area contributed by atoms with Crippen molar-refractivity contribution >= 4 is 34.7 Å². The SMILES string of the molecule is COc1ccc(C(CC(=O)c2ccc(Cl)cc2)Nc2ccc(Cl)cc2)cc1. The van der Waals surface area contributed by atoms with Gasteiger partial charge in [-0.2, -0.15) is 0 Å². The molecule has 138 valence electrons. The molecule has 27 heavy (non-hydrogen) atoms. The molecular weight excluding hydrogens is 381 g/mol. The van der Waals surface area contributed by atoms with E-state index < -0.39 is 0 Å². The lowest BCUT2D eigenvalue weighted by Crippen LogP contribution is -2.16. The molecule has 0 saturated heterocycles. The van der Waals surface area contributed by atoms with Gasteiger partial charge in [0.15, 0.2) is 5.78 Å². The molecule has 3 aromatic rings. The van der Waals surface area contributed by atoms with Crippen LogP contribution in [0.15, 0.2) is 72.8 Å². The first-order valence-electron chi connectivity index (χ1n) is 8.50. The number of halogens is 2. The number of anilines is 1. The van der Waals surface area contributed by atoms with Gasteiger partial charge in [-0.15, -0.1) is 0 Å². The Morgan fingerprint density at radius 1 is 0.889 bits per heavy atom. The van der Waals surface area contributed by atoms with E-state index in [1.165, 1.54) is 0 Å². The fraction of sp³-hybridized carbons (Fsp3) is 0.136.